The van der Waals surface area contributed by atoms with E-state index in [2.05, 4.69) is 16.8 Å². The molecular weight excluding hydrogens is 371 g/mol. The van der Waals surface area contributed by atoms with E-state index >= 15 is 0 Å². The number of fused-ring (bicyclic) bond motifs is 1. The number of alkyl halides is 3. The van der Waals surface area contributed by atoms with Crippen LogP contribution in [-0.4, -0.2) is 21.8 Å². The highest BCUT2D eigenvalue weighted by Crippen LogP contribution is 2.31. The molecule has 3 rings (SSSR count). The first-order valence-electron chi connectivity index (χ1n) is 8.04. The largest absolute Gasteiger partial charge is 0.478 e. The number of carbonyl (C=O) groups excluding carboxylic acids is 1. The van der Waals surface area contributed by atoms with Crippen LogP contribution in [0.3, 0.4) is 0 Å². The number of rotatable bonds is 2. The summed E-state index contributed by atoms with van der Waals surface area (Å²) < 4.78 is 39.2. The second kappa shape index (κ2) is 7.16. The molecule has 2 aromatic carbocycles. The van der Waals surface area contributed by atoms with Gasteiger partial charge >= 0.3 is 12.1 Å². The lowest BCUT2D eigenvalue weighted by Crippen LogP contribution is -2.07. The minimum absolute atomic E-state index is 0.0165. The third kappa shape index (κ3) is 3.86. The van der Waals surface area contributed by atoms with E-state index in [1.807, 2.05) is 0 Å². The lowest BCUT2D eigenvalue weighted by molar-refractivity contribution is -0.137. The van der Waals surface area contributed by atoms with Gasteiger partial charge in [-0.2, -0.15) is 13.2 Å². The molecule has 0 unspecified atom stereocenters. The maximum Gasteiger partial charge on any atom is 0.417 e. The predicted molar refractivity (Wildman–Crippen MR) is 96.1 cm³/mol. The molecule has 0 fully saturated rings. The number of Topliss-reactive ketones (excluding diaryl/α,β-unsaturated/α-hetero) is 1. The zero-order chi connectivity index (χ0) is 20.5. The quantitative estimate of drug-likeness (QED) is 0.521. The summed E-state index contributed by atoms with van der Waals surface area (Å²) in [6.45, 7) is 1.28. The summed E-state index contributed by atoms with van der Waals surface area (Å²) in [4.78, 5) is 27.2. The fourth-order valence-electron chi connectivity index (χ4n) is 2.64. The van der Waals surface area contributed by atoms with Crippen LogP contribution in [0.15, 0.2) is 48.5 Å². The molecule has 0 aliphatic carbocycles. The first kappa shape index (κ1) is 19.1. The third-order valence-electron chi connectivity index (χ3n) is 3.97. The van der Waals surface area contributed by atoms with Crippen molar-refractivity contribution in [3.05, 3.63) is 76.5 Å². The molecule has 0 aliphatic heterocycles. The van der Waals surface area contributed by atoms with Crippen LogP contribution in [0.25, 0.3) is 10.9 Å². The lowest BCUT2D eigenvalue weighted by Gasteiger charge is -2.08. The van der Waals surface area contributed by atoms with Crippen molar-refractivity contribution in [3.63, 3.8) is 0 Å². The van der Waals surface area contributed by atoms with Crippen molar-refractivity contribution >= 4 is 22.7 Å². The molecule has 140 valence electrons. The molecule has 1 aromatic heterocycles. The zero-order valence-electron chi connectivity index (χ0n) is 14.5. The van der Waals surface area contributed by atoms with E-state index < -0.39 is 17.7 Å². The van der Waals surface area contributed by atoms with Gasteiger partial charge in [0.15, 0.2) is 5.78 Å². The molecule has 0 bridgehead atoms. The summed E-state index contributed by atoms with van der Waals surface area (Å²) >= 11 is 0. The van der Waals surface area contributed by atoms with Gasteiger partial charge in [-0.15, -0.1) is 0 Å². The summed E-state index contributed by atoms with van der Waals surface area (Å²) in [5.74, 6) is 3.49. The van der Waals surface area contributed by atoms with E-state index in [1.54, 1.807) is 0 Å². The monoisotopic (exact) mass is 383 g/mol. The molecule has 4 nitrogen and oxygen atoms in total. The van der Waals surface area contributed by atoms with Gasteiger partial charge in [0.25, 0.3) is 0 Å². The van der Waals surface area contributed by atoms with Gasteiger partial charge in [0, 0.05) is 23.4 Å². The summed E-state index contributed by atoms with van der Waals surface area (Å²) in [6.07, 6.45) is -4.53. The molecule has 1 heterocycles. The van der Waals surface area contributed by atoms with Crippen molar-refractivity contribution in [1.82, 2.24) is 4.98 Å². The van der Waals surface area contributed by atoms with Gasteiger partial charge < -0.3 is 5.11 Å². The SMILES string of the molecule is CC(=O)c1cc(C(=O)O)c2cc(C#Cc3ccccc3C(F)(F)F)ccc2n1. The third-order valence-corrected chi connectivity index (χ3v) is 3.97. The van der Waals surface area contributed by atoms with Gasteiger partial charge in [0.1, 0.15) is 5.69 Å². The summed E-state index contributed by atoms with van der Waals surface area (Å²) in [5.41, 5.74) is -0.533. The number of halogens is 3. The molecule has 1 N–H and O–H groups in total. The van der Waals surface area contributed by atoms with Gasteiger partial charge in [-0.25, -0.2) is 9.78 Å². The van der Waals surface area contributed by atoms with Crippen LogP contribution in [0, 0.1) is 11.8 Å². The van der Waals surface area contributed by atoms with Crippen molar-refractivity contribution in [2.45, 2.75) is 13.1 Å². The number of benzene rings is 2. The number of hydrogen-bond donors (Lipinski definition) is 1. The van der Waals surface area contributed by atoms with E-state index in [1.165, 1.54) is 49.4 Å². The summed E-state index contributed by atoms with van der Waals surface area (Å²) in [6, 6.07) is 10.5. The highest BCUT2D eigenvalue weighted by Gasteiger charge is 2.32. The highest BCUT2D eigenvalue weighted by atomic mass is 19.4. The van der Waals surface area contributed by atoms with E-state index in [-0.39, 0.29) is 33.5 Å². The van der Waals surface area contributed by atoms with Crippen LogP contribution in [0.5, 0.6) is 0 Å². The first-order valence-corrected chi connectivity index (χ1v) is 8.04. The molecule has 0 radical (unpaired) electrons. The number of carbonyl (C=O) groups is 2. The second-order valence-electron chi connectivity index (χ2n) is 5.94. The van der Waals surface area contributed by atoms with Crippen LogP contribution in [0.4, 0.5) is 13.2 Å². The van der Waals surface area contributed by atoms with Gasteiger partial charge in [-0.05, 0) is 36.4 Å². The number of pyridine rings is 1. The molecule has 7 heteroatoms. The van der Waals surface area contributed by atoms with Gasteiger partial charge in [-0.3, -0.25) is 4.79 Å². The van der Waals surface area contributed by atoms with E-state index in [9.17, 15) is 27.9 Å². The number of aromatic nitrogens is 1. The Morgan fingerprint density at radius 3 is 2.39 bits per heavy atom. The number of hydrogen-bond acceptors (Lipinski definition) is 3. The summed E-state index contributed by atoms with van der Waals surface area (Å²) in [7, 11) is 0. The molecule has 0 aliphatic rings. The van der Waals surface area contributed by atoms with Crippen molar-refractivity contribution in [2.24, 2.45) is 0 Å². The highest BCUT2D eigenvalue weighted by molar-refractivity contribution is 6.06. The molecule has 0 saturated heterocycles. The Balaban J connectivity index is 2.12. The van der Waals surface area contributed by atoms with Crippen LogP contribution in [-0.2, 0) is 6.18 Å². The van der Waals surface area contributed by atoms with Crippen LogP contribution >= 0.6 is 0 Å². The van der Waals surface area contributed by atoms with Crippen molar-refractivity contribution in [1.29, 1.82) is 0 Å². The molecule has 0 amide bonds. The maximum atomic E-state index is 13.1. The predicted octanol–water partition coefficient (Wildman–Crippen LogP) is 4.55. The van der Waals surface area contributed by atoms with Gasteiger partial charge in [0.05, 0.1) is 16.6 Å². The first-order chi connectivity index (χ1) is 13.2. The molecule has 3 aromatic rings. The van der Waals surface area contributed by atoms with Gasteiger partial charge in [-0.1, -0.05) is 24.0 Å². The number of ketones is 1. The maximum absolute atomic E-state index is 13.1. The van der Waals surface area contributed by atoms with E-state index in [0.29, 0.717) is 5.56 Å². The van der Waals surface area contributed by atoms with Crippen LogP contribution in [0.2, 0.25) is 0 Å². The Morgan fingerprint density at radius 1 is 1.04 bits per heavy atom. The Hall–Kier alpha value is -3.66. The minimum atomic E-state index is -4.53. The molecule has 0 atom stereocenters. The average Bonchev–Trinajstić information content (AvgIpc) is 2.64. The number of nitrogens with zero attached hydrogens (tertiary/aromatic N) is 1. The summed E-state index contributed by atoms with van der Waals surface area (Å²) in [5, 5.41) is 9.66. The molecule has 0 saturated carbocycles. The Morgan fingerprint density at radius 2 is 1.75 bits per heavy atom. The smallest absolute Gasteiger partial charge is 0.417 e. The Kier molecular flexibility index (Phi) is 4.89. The van der Waals surface area contributed by atoms with Gasteiger partial charge in [0.2, 0.25) is 0 Å². The number of aromatic carboxylic acids is 1. The molecule has 0 spiro atoms. The Bertz CT molecular complexity index is 1170. The zero-order valence-corrected chi connectivity index (χ0v) is 14.5. The van der Waals surface area contributed by atoms with Crippen LogP contribution < -0.4 is 0 Å². The second-order valence-corrected chi connectivity index (χ2v) is 5.94. The topological polar surface area (TPSA) is 67.3 Å². The van der Waals surface area contributed by atoms with Crippen molar-refractivity contribution in [3.8, 4) is 11.8 Å². The minimum Gasteiger partial charge on any atom is -0.478 e. The van der Waals surface area contributed by atoms with E-state index in [0.717, 1.165) is 6.07 Å². The lowest BCUT2D eigenvalue weighted by atomic mass is 10.0. The fourth-order valence-corrected chi connectivity index (χ4v) is 2.64. The average molecular weight is 383 g/mol. The standard InChI is InChI=1S/C21H12F3NO3/c1-12(26)19-11-16(20(27)28)15-10-13(7-9-18(15)25-19)6-8-14-4-2-3-5-17(14)21(22,23)24/h2-5,7,9-11H,1H3,(H,27,28). The molecular formula is C21H12F3NO3. The van der Waals surface area contributed by atoms with E-state index in [4.69, 9.17) is 0 Å². The van der Waals surface area contributed by atoms with Crippen molar-refractivity contribution < 1.29 is 27.9 Å². The number of carboxylic acid groups (broad SMARTS) is 1. The van der Waals surface area contributed by atoms with Crippen LogP contribution in [0.1, 0.15) is 44.5 Å². The van der Waals surface area contributed by atoms with Crippen molar-refractivity contribution in [2.75, 3.05) is 0 Å². The Labute approximate surface area is 157 Å². The fraction of sp³-hybridized carbons (Fsp3) is 0.0952. The normalized spacial score (nSPS) is 11.0. The number of carboxylic acids is 1. The molecule has 28 heavy (non-hydrogen) atoms.